The van der Waals surface area contributed by atoms with Crippen molar-refractivity contribution in [1.29, 1.82) is 0 Å². The maximum atomic E-state index is 12.7. The van der Waals surface area contributed by atoms with Gasteiger partial charge in [-0.2, -0.15) is 0 Å². The Labute approximate surface area is 171 Å². The van der Waals surface area contributed by atoms with Crippen LogP contribution >= 0.6 is 0 Å². The summed E-state index contributed by atoms with van der Waals surface area (Å²) in [5, 5.41) is 8.58. The number of amides is 3. The van der Waals surface area contributed by atoms with E-state index < -0.39 is 0 Å². The van der Waals surface area contributed by atoms with Gasteiger partial charge in [0.05, 0.1) is 11.8 Å². The zero-order chi connectivity index (χ0) is 21.0. The molecule has 6 nitrogen and oxygen atoms in total. The third kappa shape index (κ3) is 5.02. The topological polar surface area (TPSA) is 87.3 Å². The van der Waals surface area contributed by atoms with Crippen molar-refractivity contribution in [1.82, 2.24) is 0 Å². The molecule has 29 heavy (non-hydrogen) atoms. The molecule has 3 amide bonds. The standard InChI is InChI=1S/C23H27N3O3/c1-4-15-7-6-8-16(5-2)21(15)26-23(29)20-13-19(20)22(28)25-18-11-9-17(10-12-18)24-14(3)27/h6-12,19-20H,4-5,13H2,1-3H3,(H,24,27)(H,25,28)(H,26,29). The van der Waals surface area contributed by atoms with Gasteiger partial charge in [0.25, 0.3) is 0 Å². The Morgan fingerprint density at radius 3 is 1.76 bits per heavy atom. The van der Waals surface area contributed by atoms with Crippen molar-refractivity contribution in [3.05, 3.63) is 53.6 Å². The Bertz CT molecular complexity index is 899. The molecule has 0 aromatic heterocycles. The van der Waals surface area contributed by atoms with Crippen molar-refractivity contribution in [2.24, 2.45) is 11.8 Å². The van der Waals surface area contributed by atoms with Crippen LogP contribution in [0.2, 0.25) is 0 Å². The fourth-order valence-electron chi connectivity index (χ4n) is 3.47. The number of nitrogens with one attached hydrogen (secondary N) is 3. The molecule has 6 heteroatoms. The summed E-state index contributed by atoms with van der Waals surface area (Å²) in [5.41, 5.74) is 4.42. The summed E-state index contributed by atoms with van der Waals surface area (Å²) < 4.78 is 0. The van der Waals surface area contributed by atoms with E-state index in [1.165, 1.54) is 6.92 Å². The van der Waals surface area contributed by atoms with E-state index in [-0.39, 0.29) is 29.6 Å². The van der Waals surface area contributed by atoms with E-state index in [2.05, 4.69) is 29.8 Å². The highest BCUT2D eigenvalue weighted by Crippen LogP contribution is 2.40. The first-order chi connectivity index (χ1) is 13.9. The van der Waals surface area contributed by atoms with E-state index in [1.807, 2.05) is 18.2 Å². The Morgan fingerprint density at radius 1 is 0.793 bits per heavy atom. The number of carbonyl (C=O) groups excluding carboxylic acids is 3. The molecule has 2 atom stereocenters. The van der Waals surface area contributed by atoms with Gasteiger partial charge in [0.2, 0.25) is 17.7 Å². The monoisotopic (exact) mass is 393 g/mol. The lowest BCUT2D eigenvalue weighted by Crippen LogP contribution is -2.21. The summed E-state index contributed by atoms with van der Waals surface area (Å²) >= 11 is 0. The van der Waals surface area contributed by atoms with Gasteiger partial charge in [-0.3, -0.25) is 14.4 Å². The van der Waals surface area contributed by atoms with E-state index in [1.54, 1.807) is 24.3 Å². The molecular formula is C23H27N3O3. The molecule has 0 spiro atoms. The van der Waals surface area contributed by atoms with E-state index in [4.69, 9.17) is 0 Å². The largest absolute Gasteiger partial charge is 0.326 e. The highest BCUT2D eigenvalue weighted by Gasteiger charge is 2.48. The second-order valence-corrected chi connectivity index (χ2v) is 7.34. The molecular weight excluding hydrogens is 366 g/mol. The molecule has 0 heterocycles. The van der Waals surface area contributed by atoms with Gasteiger partial charge in [-0.25, -0.2) is 0 Å². The Hall–Kier alpha value is -3.15. The van der Waals surface area contributed by atoms with Crippen LogP contribution in [-0.4, -0.2) is 17.7 Å². The number of hydrogen-bond acceptors (Lipinski definition) is 3. The molecule has 1 aliphatic rings. The first-order valence-corrected chi connectivity index (χ1v) is 10.0. The summed E-state index contributed by atoms with van der Waals surface area (Å²) in [4.78, 5) is 36.3. The molecule has 3 N–H and O–H groups in total. The van der Waals surface area contributed by atoms with Crippen molar-refractivity contribution in [3.63, 3.8) is 0 Å². The van der Waals surface area contributed by atoms with Crippen LogP contribution in [-0.2, 0) is 27.2 Å². The first kappa shape index (κ1) is 20.6. The number of rotatable bonds is 7. The Balaban J connectivity index is 1.58. The molecule has 1 aliphatic carbocycles. The predicted octanol–water partition coefficient (Wildman–Crippen LogP) is 3.98. The van der Waals surface area contributed by atoms with Gasteiger partial charge >= 0.3 is 0 Å². The molecule has 0 saturated heterocycles. The maximum Gasteiger partial charge on any atom is 0.228 e. The highest BCUT2D eigenvalue weighted by atomic mass is 16.2. The molecule has 0 aliphatic heterocycles. The predicted molar refractivity (Wildman–Crippen MR) is 115 cm³/mol. The Kier molecular flexibility index (Phi) is 6.32. The minimum atomic E-state index is -0.316. The number of carbonyl (C=O) groups is 3. The van der Waals surface area contributed by atoms with Gasteiger partial charge in [-0.05, 0) is 54.7 Å². The summed E-state index contributed by atoms with van der Waals surface area (Å²) in [6.45, 7) is 5.57. The molecule has 1 fully saturated rings. The summed E-state index contributed by atoms with van der Waals surface area (Å²) in [6, 6.07) is 13.0. The van der Waals surface area contributed by atoms with Gasteiger partial charge in [-0.15, -0.1) is 0 Å². The molecule has 2 aromatic carbocycles. The molecule has 152 valence electrons. The lowest BCUT2D eigenvalue weighted by molar-refractivity contribution is -0.122. The number of benzene rings is 2. The van der Waals surface area contributed by atoms with Gasteiger partial charge in [0, 0.05) is 24.0 Å². The molecule has 0 radical (unpaired) electrons. The molecule has 2 aromatic rings. The summed E-state index contributed by atoms with van der Waals surface area (Å²) in [6.07, 6.45) is 2.23. The molecule has 2 unspecified atom stereocenters. The van der Waals surface area contributed by atoms with Crippen LogP contribution in [0.25, 0.3) is 0 Å². The summed E-state index contributed by atoms with van der Waals surface area (Å²) in [7, 11) is 0. The van der Waals surface area contributed by atoms with Crippen LogP contribution in [0.3, 0.4) is 0 Å². The van der Waals surface area contributed by atoms with Crippen LogP contribution in [0.15, 0.2) is 42.5 Å². The van der Waals surface area contributed by atoms with E-state index in [9.17, 15) is 14.4 Å². The number of para-hydroxylation sites is 1. The SMILES string of the molecule is CCc1cccc(CC)c1NC(=O)C1CC1C(=O)Nc1ccc(NC(C)=O)cc1. The minimum Gasteiger partial charge on any atom is -0.326 e. The Morgan fingerprint density at radius 2 is 1.28 bits per heavy atom. The zero-order valence-electron chi connectivity index (χ0n) is 17.0. The minimum absolute atomic E-state index is 0.0956. The van der Waals surface area contributed by atoms with Crippen molar-refractivity contribution in [3.8, 4) is 0 Å². The average Bonchev–Trinajstić information content (AvgIpc) is 3.50. The van der Waals surface area contributed by atoms with Gasteiger partial charge in [0.15, 0.2) is 0 Å². The normalized spacial score (nSPS) is 17.3. The molecule has 1 saturated carbocycles. The fraction of sp³-hybridized carbons (Fsp3) is 0.348. The van der Waals surface area contributed by atoms with Gasteiger partial charge in [-0.1, -0.05) is 32.0 Å². The molecule has 0 bridgehead atoms. The van der Waals surface area contributed by atoms with E-state index in [0.29, 0.717) is 17.8 Å². The van der Waals surface area contributed by atoms with Crippen molar-refractivity contribution < 1.29 is 14.4 Å². The fourth-order valence-corrected chi connectivity index (χ4v) is 3.47. The molecule has 3 rings (SSSR count). The van der Waals surface area contributed by atoms with Crippen molar-refractivity contribution >= 4 is 34.8 Å². The van der Waals surface area contributed by atoms with Crippen LogP contribution in [0.1, 0.15) is 38.3 Å². The third-order valence-electron chi connectivity index (χ3n) is 5.18. The van der Waals surface area contributed by atoms with Crippen molar-refractivity contribution in [2.45, 2.75) is 40.0 Å². The van der Waals surface area contributed by atoms with Crippen LogP contribution in [0, 0.1) is 11.8 Å². The summed E-state index contributed by atoms with van der Waals surface area (Å²) in [5.74, 6) is -1.02. The van der Waals surface area contributed by atoms with Gasteiger partial charge < -0.3 is 16.0 Å². The average molecular weight is 393 g/mol. The van der Waals surface area contributed by atoms with E-state index >= 15 is 0 Å². The van der Waals surface area contributed by atoms with Crippen LogP contribution < -0.4 is 16.0 Å². The third-order valence-corrected chi connectivity index (χ3v) is 5.18. The second-order valence-electron chi connectivity index (χ2n) is 7.34. The number of aryl methyl sites for hydroxylation is 2. The smallest absolute Gasteiger partial charge is 0.228 e. The first-order valence-electron chi connectivity index (χ1n) is 10.0. The maximum absolute atomic E-state index is 12.7. The highest BCUT2D eigenvalue weighted by molar-refractivity contribution is 6.03. The number of anilines is 3. The lowest BCUT2D eigenvalue weighted by atomic mass is 10.0. The second kappa shape index (κ2) is 8.90. The van der Waals surface area contributed by atoms with Gasteiger partial charge in [0.1, 0.15) is 0 Å². The van der Waals surface area contributed by atoms with Crippen molar-refractivity contribution in [2.75, 3.05) is 16.0 Å². The zero-order valence-corrected chi connectivity index (χ0v) is 17.0. The van der Waals surface area contributed by atoms with Crippen LogP contribution in [0.4, 0.5) is 17.1 Å². The lowest BCUT2D eigenvalue weighted by Gasteiger charge is -2.14. The quantitative estimate of drug-likeness (QED) is 0.665. The van der Waals surface area contributed by atoms with Crippen LogP contribution in [0.5, 0.6) is 0 Å². The number of hydrogen-bond donors (Lipinski definition) is 3. The van der Waals surface area contributed by atoms with E-state index in [0.717, 1.165) is 29.7 Å².